The number of carbonyl (C=O) groups excluding carboxylic acids is 1. The van der Waals surface area contributed by atoms with E-state index < -0.39 is 21.8 Å². The third-order valence-electron chi connectivity index (χ3n) is 2.46. The lowest BCUT2D eigenvalue weighted by Crippen LogP contribution is -2.23. The smallest absolute Gasteiger partial charge is 0.261 e. The molecule has 2 aromatic rings. The molecule has 20 heavy (non-hydrogen) atoms. The average molecular weight is 294 g/mol. The number of carboxylic acid groups (broad SMARTS) is 1. The Morgan fingerprint density at radius 2 is 1.80 bits per heavy atom. The van der Waals surface area contributed by atoms with Crippen molar-refractivity contribution >= 4 is 21.7 Å². The molecule has 0 aliphatic carbocycles. The van der Waals surface area contributed by atoms with Crippen molar-refractivity contribution in [3.05, 3.63) is 59.9 Å². The predicted octanol–water partition coefficient (Wildman–Crippen LogP) is 0.990. The van der Waals surface area contributed by atoms with Gasteiger partial charge in [-0.25, -0.2) is 12.8 Å². The molecule has 2 rings (SSSR count). The zero-order valence-corrected chi connectivity index (χ0v) is 10.9. The van der Waals surface area contributed by atoms with Gasteiger partial charge in [0.15, 0.2) is 0 Å². The molecule has 0 amide bonds. The largest absolute Gasteiger partial charge is 0.545 e. The summed E-state index contributed by atoms with van der Waals surface area (Å²) in [5.41, 5.74) is -0.212. The summed E-state index contributed by atoms with van der Waals surface area (Å²) in [7, 11) is -3.99. The first-order chi connectivity index (χ1) is 9.38. The maximum Gasteiger partial charge on any atom is 0.261 e. The minimum atomic E-state index is -3.99. The summed E-state index contributed by atoms with van der Waals surface area (Å²) < 4.78 is 39.2. The van der Waals surface area contributed by atoms with E-state index in [0.717, 1.165) is 12.1 Å². The van der Waals surface area contributed by atoms with Crippen LogP contribution in [0.2, 0.25) is 0 Å². The Morgan fingerprint density at radius 1 is 1.10 bits per heavy atom. The molecule has 0 fully saturated rings. The minimum absolute atomic E-state index is 0.0452. The second-order valence-corrected chi connectivity index (χ2v) is 5.61. The highest BCUT2D eigenvalue weighted by atomic mass is 32.2. The first-order valence-electron chi connectivity index (χ1n) is 5.48. The number of carboxylic acids is 1. The van der Waals surface area contributed by atoms with Crippen molar-refractivity contribution in [1.29, 1.82) is 0 Å². The van der Waals surface area contributed by atoms with Gasteiger partial charge in [-0.2, -0.15) is 0 Å². The molecule has 0 bridgehead atoms. The Balaban J connectivity index is 2.35. The number of anilines is 1. The maximum absolute atomic E-state index is 13.0. The van der Waals surface area contributed by atoms with E-state index in [1.165, 1.54) is 36.4 Å². The van der Waals surface area contributed by atoms with E-state index in [4.69, 9.17) is 0 Å². The third-order valence-corrected chi connectivity index (χ3v) is 3.84. The van der Waals surface area contributed by atoms with Crippen LogP contribution in [0, 0.1) is 5.82 Å². The Hall–Kier alpha value is -2.41. The van der Waals surface area contributed by atoms with Crippen LogP contribution in [0.5, 0.6) is 0 Å². The van der Waals surface area contributed by atoms with Crippen molar-refractivity contribution in [2.75, 3.05) is 4.72 Å². The van der Waals surface area contributed by atoms with Gasteiger partial charge in [0.1, 0.15) is 5.82 Å². The molecule has 0 heterocycles. The summed E-state index contributed by atoms with van der Waals surface area (Å²) in [6, 6.07) is 9.62. The molecule has 0 atom stereocenters. The van der Waals surface area contributed by atoms with Crippen molar-refractivity contribution in [1.82, 2.24) is 0 Å². The van der Waals surface area contributed by atoms with Crippen LogP contribution in [0.3, 0.4) is 0 Å². The van der Waals surface area contributed by atoms with Gasteiger partial charge in [0.05, 0.1) is 16.6 Å². The summed E-state index contributed by atoms with van der Waals surface area (Å²) in [4.78, 5) is 10.5. The first kappa shape index (κ1) is 14.0. The van der Waals surface area contributed by atoms with Crippen LogP contribution >= 0.6 is 0 Å². The van der Waals surface area contributed by atoms with Crippen LogP contribution in [0.15, 0.2) is 53.4 Å². The molecule has 0 aromatic heterocycles. The van der Waals surface area contributed by atoms with E-state index >= 15 is 0 Å². The van der Waals surface area contributed by atoms with Gasteiger partial charge in [0.25, 0.3) is 10.0 Å². The van der Waals surface area contributed by atoms with Gasteiger partial charge in [-0.3, -0.25) is 4.72 Å². The summed E-state index contributed by atoms with van der Waals surface area (Å²) >= 11 is 0. The van der Waals surface area contributed by atoms with Gasteiger partial charge >= 0.3 is 0 Å². The molecule has 0 spiro atoms. The molecule has 2 aromatic carbocycles. The van der Waals surface area contributed by atoms with E-state index in [2.05, 4.69) is 4.72 Å². The van der Waals surface area contributed by atoms with Crippen molar-refractivity contribution in [2.45, 2.75) is 4.90 Å². The van der Waals surface area contributed by atoms with Gasteiger partial charge < -0.3 is 9.90 Å². The Bertz CT molecular complexity index is 758. The molecular weight excluding hydrogens is 285 g/mol. The fraction of sp³-hybridized carbons (Fsp3) is 0. The van der Waals surface area contributed by atoms with Crippen LogP contribution in [0.25, 0.3) is 0 Å². The van der Waals surface area contributed by atoms with E-state index in [1.807, 2.05) is 0 Å². The maximum atomic E-state index is 13.0. The third kappa shape index (κ3) is 3.12. The molecule has 0 aliphatic rings. The summed E-state index contributed by atoms with van der Waals surface area (Å²) in [6.45, 7) is 0. The number of carbonyl (C=O) groups is 1. The number of benzene rings is 2. The lowest BCUT2D eigenvalue weighted by molar-refractivity contribution is -0.255. The van der Waals surface area contributed by atoms with Crippen molar-refractivity contribution < 1.29 is 22.7 Å². The lowest BCUT2D eigenvalue weighted by atomic mass is 10.2. The topological polar surface area (TPSA) is 86.3 Å². The molecule has 0 saturated carbocycles. The Morgan fingerprint density at radius 3 is 2.45 bits per heavy atom. The Labute approximate surface area is 114 Å². The van der Waals surface area contributed by atoms with Gasteiger partial charge in [0.2, 0.25) is 0 Å². The second-order valence-electron chi connectivity index (χ2n) is 3.93. The molecule has 0 aliphatic heterocycles. The van der Waals surface area contributed by atoms with E-state index in [9.17, 15) is 22.7 Å². The molecule has 0 unspecified atom stereocenters. The van der Waals surface area contributed by atoms with Gasteiger partial charge in [-0.1, -0.05) is 18.2 Å². The van der Waals surface area contributed by atoms with E-state index in [0.29, 0.717) is 0 Å². The fourth-order valence-electron chi connectivity index (χ4n) is 1.56. The van der Waals surface area contributed by atoms with Crippen molar-refractivity contribution in [3.63, 3.8) is 0 Å². The van der Waals surface area contributed by atoms with Gasteiger partial charge in [-0.15, -0.1) is 0 Å². The summed E-state index contributed by atoms with van der Waals surface area (Å²) in [6.07, 6.45) is 0. The molecule has 1 N–H and O–H groups in total. The number of hydrogen-bond donors (Lipinski definition) is 1. The molecule has 5 nitrogen and oxygen atoms in total. The highest BCUT2D eigenvalue weighted by Gasteiger charge is 2.15. The highest BCUT2D eigenvalue weighted by molar-refractivity contribution is 7.92. The zero-order valence-electron chi connectivity index (χ0n) is 10.0. The summed E-state index contributed by atoms with van der Waals surface area (Å²) in [5, 5.41) is 10.7. The van der Waals surface area contributed by atoms with E-state index in [-0.39, 0.29) is 16.1 Å². The number of nitrogens with one attached hydrogen (secondary N) is 1. The normalized spacial score (nSPS) is 11.1. The van der Waals surface area contributed by atoms with Gasteiger partial charge in [0, 0.05) is 0 Å². The predicted molar refractivity (Wildman–Crippen MR) is 68.0 cm³/mol. The standard InChI is InChI=1S/C13H10FNO4S/c14-10-4-2-5-11(8-10)15-20(18,19)12-6-1-3-9(7-12)13(16)17/h1-8,15H,(H,16,17)/p-1. The van der Waals surface area contributed by atoms with Crippen LogP contribution in [0.1, 0.15) is 10.4 Å². The number of hydrogen-bond acceptors (Lipinski definition) is 4. The summed E-state index contributed by atoms with van der Waals surface area (Å²) in [5.74, 6) is -2.07. The number of aromatic carboxylic acids is 1. The zero-order chi connectivity index (χ0) is 14.8. The number of halogens is 1. The number of rotatable bonds is 4. The second kappa shape index (κ2) is 5.30. The lowest BCUT2D eigenvalue weighted by Gasteiger charge is -2.09. The highest BCUT2D eigenvalue weighted by Crippen LogP contribution is 2.17. The van der Waals surface area contributed by atoms with Crippen LogP contribution in [0.4, 0.5) is 10.1 Å². The molecular formula is C13H9FNO4S-. The van der Waals surface area contributed by atoms with Crippen LogP contribution in [-0.4, -0.2) is 14.4 Å². The van der Waals surface area contributed by atoms with Crippen LogP contribution in [-0.2, 0) is 10.0 Å². The SMILES string of the molecule is O=C([O-])c1cccc(S(=O)(=O)Nc2cccc(F)c2)c1. The molecule has 0 saturated heterocycles. The Kier molecular flexibility index (Phi) is 3.71. The van der Waals surface area contributed by atoms with E-state index in [1.54, 1.807) is 0 Å². The van der Waals surface area contributed by atoms with Crippen LogP contribution < -0.4 is 9.83 Å². The molecule has 0 radical (unpaired) electrons. The fourth-order valence-corrected chi connectivity index (χ4v) is 2.65. The minimum Gasteiger partial charge on any atom is -0.545 e. The van der Waals surface area contributed by atoms with Crippen molar-refractivity contribution in [3.8, 4) is 0 Å². The molecule has 7 heteroatoms. The monoisotopic (exact) mass is 294 g/mol. The van der Waals surface area contributed by atoms with Gasteiger partial charge in [-0.05, 0) is 35.9 Å². The quantitative estimate of drug-likeness (QED) is 0.911. The van der Waals surface area contributed by atoms with Crippen molar-refractivity contribution in [2.24, 2.45) is 0 Å². The first-order valence-corrected chi connectivity index (χ1v) is 6.96. The number of sulfonamides is 1. The average Bonchev–Trinajstić information content (AvgIpc) is 2.38. The molecule has 104 valence electrons.